The molecule has 0 aliphatic carbocycles. The Morgan fingerprint density at radius 3 is 2.56 bits per heavy atom. The predicted molar refractivity (Wildman–Crippen MR) is 53.9 cm³/mol. The largest absolute Gasteiger partial charge is 0.295 e. The molecule has 16 heavy (non-hydrogen) atoms. The highest BCUT2D eigenvalue weighted by molar-refractivity contribution is 5.94. The highest BCUT2D eigenvalue weighted by Crippen LogP contribution is 2.07. The smallest absolute Gasteiger partial charge is 0.274 e. The molecular weight excluding hydrogens is 206 g/mol. The normalized spacial score (nSPS) is 9.75. The van der Waals surface area contributed by atoms with Crippen LogP contribution in [0.1, 0.15) is 23.1 Å². The quantitative estimate of drug-likeness (QED) is 0.687. The van der Waals surface area contributed by atoms with Crippen molar-refractivity contribution in [2.45, 2.75) is 6.92 Å². The first-order valence-corrected chi connectivity index (χ1v) is 4.52. The summed E-state index contributed by atoms with van der Waals surface area (Å²) < 4.78 is 0. The Balaban J connectivity index is 2.35. The van der Waals surface area contributed by atoms with Gasteiger partial charge in [-0.3, -0.25) is 4.79 Å². The summed E-state index contributed by atoms with van der Waals surface area (Å²) in [5.41, 5.74) is 1.27. The third-order valence-electron chi connectivity index (χ3n) is 2.02. The van der Waals surface area contributed by atoms with Gasteiger partial charge >= 0.3 is 0 Å². The molecule has 1 aromatic carbocycles. The van der Waals surface area contributed by atoms with E-state index in [0.717, 1.165) is 0 Å². The molecule has 0 bridgehead atoms. The number of Topliss-reactive ketones (excluding diaryl/α,β-unsaturated/α-hetero) is 1. The fourth-order valence-corrected chi connectivity index (χ4v) is 1.20. The molecule has 0 saturated heterocycles. The standard InChI is InChI=1S/C10H7N5O/c1-7(16)8-2-4-9(5-3-8)15-13-10(6-11)12-14-15/h2-5H,1H3. The van der Waals surface area contributed by atoms with Gasteiger partial charge < -0.3 is 0 Å². The molecule has 1 heterocycles. The maximum absolute atomic E-state index is 11.1. The first-order chi connectivity index (χ1) is 7.70. The predicted octanol–water partition coefficient (Wildman–Crippen LogP) is 0.737. The summed E-state index contributed by atoms with van der Waals surface area (Å²) in [5.74, 6) is 0.00598. The SMILES string of the molecule is CC(=O)c1ccc(-n2nnc(C#N)n2)cc1. The molecule has 0 saturated carbocycles. The van der Waals surface area contributed by atoms with E-state index in [2.05, 4.69) is 15.4 Å². The van der Waals surface area contributed by atoms with E-state index in [4.69, 9.17) is 5.26 Å². The van der Waals surface area contributed by atoms with Crippen LogP contribution in [0.25, 0.3) is 5.69 Å². The average molecular weight is 213 g/mol. The van der Waals surface area contributed by atoms with Crippen LogP contribution < -0.4 is 0 Å². The first kappa shape index (κ1) is 9.98. The summed E-state index contributed by atoms with van der Waals surface area (Å²) in [7, 11) is 0. The van der Waals surface area contributed by atoms with Crippen LogP contribution in [0.4, 0.5) is 0 Å². The Morgan fingerprint density at radius 1 is 1.38 bits per heavy atom. The van der Waals surface area contributed by atoms with Crippen molar-refractivity contribution in [3.05, 3.63) is 35.7 Å². The number of nitriles is 1. The third kappa shape index (κ3) is 1.79. The van der Waals surface area contributed by atoms with Gasteiger partial charge in [-0.2, -0.15) is 5.26 Å². The number of hydrogen-bond acceptors (Lipinski definition) is 5. The van der Waals surface area contributed by atoms with Crippen LogP contribution in [-0.2, 0) is 0 Å². The van der Waals surface area contributed by atoms with E-state index in [1.54, 1.807) is 30.3 Å². The molecule has 6 nitrogen and oxygen atoms in total. The van der Waals surface area contributed by atoms with Gasteiger partial charge in [-0.15, -0.1) is 9.90 Å². The lowest BCUT2D eigenvalue weighted by atomic mass is 10.1. The van der Waals surface area contributed by atoms with Gasteiger partial charge in [-0.1, -0.05) is 5.10 Å². The molecule has 2 aromatic rings. The molecule has 6 heteroatoms. The van der Waals surface area contributed by atoms with E-state index in [0.29, 0.717) is 11.3 Å². The van der Waals surface area contributed by atoms with Crippen LogP contribution in [-0.4, -0.2) is 26.0 Å². The van der Waals surface area contributed by atoms with E-state index in [-0.39, 0.29) is 11.6 Å². The molecule has 1 aromatic heterocycles. The number of aromatic nitrogens is 4. The molecule has 2 rings (SSSR count). The zero-order valence-electron chi connectivity index (χ0n) is 8.45. The van der Waals surface area contributed by atoms with Crippen molar-refractivity contribution >= 4 is 5.78 Å². The van der Waals surface area contributed by atoms with Crippen LogP contribution in [0.5, 0.6) is 0 Å². The summed E-state index contributed by atoms with van der Waals surface area (Å²) in [4.78, 5) is 12.3. The molecule has 0 unspecified atom stereocenters. The molecule has 0 amide bonds. The third-order valence-corrected chi connectivity index (χ3v) is 2.02. The Morgan fingerprint density at radius 2 is 2.06 bits per heavy atom. The lowest BCUT2D eigenvalue weighted by Gasteiger charge is -1.98. The second-order valence-electron chi connectivity index (χ2n) is 3.12. The number of tetrazole rings is 1. The number of benzene rings is 1. The summed E-state index contributed by atoms with van der Waals surface area (Å²) in [5, 5.41) is 19.6. The van der Waals surface area contributed by atoms with Crippen molar-refractivity contribution in [1.82, 2.24) is 20.2 Å². The van der Waals surface area contributed by atoms with Gasteiger partial charge in [0.2, 0.25) is 0 Å². The van der Waals surface area contributed by atoms with E-state index < -0.39 is 0 Å². The van der Waals surface area contributed by atoms with Crippen LogP contribution in [0.2, 0.25) is 0 Å². The Kier molecular flexibility index (Phi) is 2.44. The van der Waals surface area contributed by atoms with Gasteiger partial charge in [0.05, 0.1) is 5.69 Å². The lowest BCUT2D eigenvalue weighted by molar-refractivity contribution is 0.101. The minimum absolute atomic E-state index is 0.00388. The minimum Gasteiger partial charge on any atom is -0.295 e. The monoisotopic (exact) mass is 213 g/mol. The minimum atomic E-state index is -0.00388. The number of rotatable bonds is 2. The number of carbonyl (C=O) groups is 1. The van der Waals surface area contributed by atoms with Crippen molar-refractivity contribution in [2.75, 3.05) is 0 Å². The average Bonchev–Trinajstić information content (AvgIpc) is 2.77. The van der Waals surface area contributed by atoms with Gasteiger partial charge in [0.15, 0.2) is 5.78 Å². The van der Waals surface area contributed by atoms with Crippen LogP contribution >= 0.6 is 0 Å². The van der Waals surface area contributed by atoms with Crippen molar-refractivity contribution < 1.29 is 4.79 Å². The van der Waals surface area contributed by atoms with Gasteiger partial charge in [0.25, 0.3) is 5.82 Å². The molecule has 0 aliphatic rings. The maximum atomic E-state index is 11.1. The molecule has 0 spiro atoms. The highest BCUT2D eigenvalue weighted by atomic mass is 16.1. The fraction of sp³-hybridized carbons (Fsp3) is 0.100. The van der Waals surface area contributed by atoms with Crippen LogP contribution in [0.15, 0.2) is 24.3 Å². The molecular formula is C10H7N5O. The number of nitrogens with zero attached hydrogens (tertiary/aromatic N) is 5. The summed E-state index contributed by atoms with van der Waals surface area (Å²) in [6.45, 7) is 1.50. The number of hydrogen-bond donors (Lipinski definition) is 0. The summed E-state index contributed by atoms with van der Waals surface area (Å²) >= 11 is 0. The number of carbonyl (C=O) groups excluding carboxylic acids is 1. The number of ketones is 1. The topological polar surface area (TPSA) is 84.5 Å². The molecule has 0 fully saturated rings. The molecule has 0 aliphatic heterocycles. The molecule has 0 atom stereocenters. The first-order valence-electron chi connectivity index (χ1n) is 4.52. The van der Waals surface area contributed by atoms with E-state index in [9.17, 15) is 4.79 Å². The van der Waals surface area contributed by atoms with Gasteiger partial charge in [-0.25, -0.2) is 0 Å². The van der Waals surface area contributed by atoms with Crippen molar-refractivity contribution in [2.24, 2.45) is 0 Å². The summed E-state index contributed by atoms with van der Waals surface area (Å²) in [6.07, 6.45) is 0. The summed E-state index contributed by atoms with van der Waals surface area (Å²) in [6, 6.07) is 8.52. The highest BCUT2D eigenvalue weighted by Gasteiger charge is 2.04. The zero-order valence-corrected chi connectivity index (χ0v) is 8.45. The second kappa shape index (κ2) is 3.90. The van der Waals surface area contributed by atoms with E-state index in [1.165, 1.54) is 11.7 Å². The Labute approximate surface area is 91.1 Å². The van der Waals surface area contributed by atoms with Crippen molar-refractivity contribution in [1.29, 1.82) is 5.26 Å². The van der Waals surface area contributed by atoms with Gasteiger partial charge in [0.1, 0.15) is 6.07 Å². The Hall–Kier alpha value is -2.55. The van der Waals surface area contributed by atoms with Crippen molar-refractivity contribution in [3.63, 3.8) is 0 Å². The second-order valence-corrected chi connectivity index (χ2v) is 3.12. The molecule has 0 radical (unpaired) electrons. The zero-order chi connectivity index (χ0) is 11.5. The van der Waals surface area contributed by atoms with Gasteiger partial charge in [0, 0.05) is 5.56 Å². The Bertz CT molecular complexity index is 564. The van der Waals surface area contributed by atoms with Crippen molar-refractivity contribution in [3.8, 4) is 11.8 Å². The van der Waals surface area contributed by atoms with E-state index in [1.807, 2.05) is 0 Å². The fourth-order valence-electron chi connectivity index (χ4n) is 1.20. The van der Waals surface area contributed by atoms with Gasteiger partial charge in [-0.05, 0) is 36.4 Å². The van der Waals surface area contributed by atoms with Crippen LogP contribution in [0.3, 0.4) is 0 Å². The van der Waals surface area contributed by atoms with Crippen LogP contribution in [0, 0.1) is 11.3 Å². The molecule has 78 valence electrons. The maximum Gasteiger partial charge on any atom is 0.274 e. The molecule has 0 N–H and O–H groups in total. The lowest BCUT2D eigenvalue weighted by Crippen LogP contribution is -2.00. The van der Waals surface area contributed by atoms with E-state index >= 15 is 0 Å².